The molecular weight excluding hydrogens is 254 g/mol. The lowest BCUT2D eigenvalue weighted by Gasteiger charge is -2.08. The van der Waals surface area contributed by atoms with Crippen molar-refractivity contribution in [3.8, 4) is 11.4 Å². The first kappa shape index (κ1) is 12.3. The van der Waals surface area contributed by atoms with Gasteiger partial charge in [-0.25, -0.2) is 4.79 Å². The van der Waals surface area contributed by atoms with E-state index in [1.54, 1.807) is 17.7 Å². The number of para-hydroxylation sites is 1. The lowest BCUT2D eigenvalue weighted by molar-refractivity contribution is 0.0688. The van der Waals surface area contributed by atoms with E-state index in [4.69, 9.17) is 4.74 Å². The average molecular weight is 267 g/mol. The van der Waals surface area contributed by atoms with E-state index in [1.165, 1.54) is 0 Å². The van der Waals surface area contributed by atoms with Gasteiger partial charge in [0.1, 0.15) is 11.4 Å². The third-order valence-corrected chi connectivity index (χ3v) is 3.24. The lowest BCUT2D eigenvalue weighted by Crippen LogP contribution is -2.06. The predicted octanol–water partition coefficient (Wildman–Crippen LogP) is 3.34. The first-order valence-corrected chi connectivity index (χ1v) is 6.19. The summed E-state index contributed by atoms with van der Waals surface area (Å²) in [5, 5.41) is 10.2. The SMILES string of the molecule is COc1ccc2c(c1)cc(C(=O)O)n2-c1ccccc1. The quantitative estimate of drug-likeness (QED) is 0.791. The summed E-state index contributed by atoms with van der Waals surface area (Å²) in [5.41, 5.74) is 1.90. The van der Waals surface area contributed by atoms with Gasteiger partial charge in [-0.05, 0) is 36.4 Å². The van der Waals surface area contributed by atoms with E-state index in [1.807, 2.05) is 48.5 Å². The van der Waals surface area contributed by atoms with E-state index in [9.17, 15) is 9.90 Å². The minimum absolute atomic E-state index is 0.236. The maximum absolute atomic E-state index is 11.5. The number of hydrogen-bond donors (Lipinski definition) is 1. The number of ether oxygens (including phenoxy) is 1. The molecule has 0 unspecified atom stereocenters. The third kappa shape index (κ3) is 1.91. The number of carbonyl (C=O) groups is 1. The molecule has 3 aromatic rings. The van der Waals surface area contributed by atoms with Crippen LogP contribution < -0.4 is 4.74 Å². The van der Waals surface area contributed by atoms with Crippen molar-refractivity contribution < 1.29 is 14.6 Å². The molecule has 100 valence electrons. The number of carboxylic acid groups (broad SMARTS) is 1. The van der Waals surface area contributed by atoms with Crippen molar-refractivity contribution in [1.82, 2.24) is 4.57 Å². The lowest BCUT2D eigenvalue weighted by atomic mass is 10.2. The fourth-order valence-corrected chi connectivity index (χ4v) is 2.33. The second-order valence-corrected chi connectivity index (χ2v) is 4.43. The van der Waals surface area contributed by atoms with Crippen molar-refractivity contribution in [3.05, 3.63) is 60.3 Å². The molecule has 0 bridgehead atoms. The number of aromatic nitrogens is 1. The smallest absolute Gasteiger partial charge is 0.352 e. The number of benzene rings is 2. The minimum atomic E-state index is -0.955. The molecular formula is C16H13NO3. The van der Waals surface area contributed by atoms with E-state index >= 15 is 0 Å². The van der Waals surface area contributed by atoms with Crippen LogP contribution in [0.2, 0.25) is 0 Å². The van der Waals surface area contributed by atoms with E-state index in [0.29, 0.717) is 5.75 Å². The van der Waals surface area contributed by atoms with Gasteiger partial charge in [0.2, 0.25) is 0 Å². The van der Waals surface area contributed by atoms with Crippen LogP contribution in [0.1, 0.15) is 10.5 Å². The van der Waals surface area contributed by atoms with Crippen LogP contribution in [0.3, 0.4) is 0 Å². The van der Waals surface area contributed by atoms with Crippen molar-refractivity contribution in [2.45, 2.75) is 0 Å². The topological polar surface area (TPSA) is 51.5 Å². The van der Waals surface area contributed by atoms with E-state index in [2.05, 4.69) is 0 Å². The van der Waals surface area contributed by atoms with E-state index in [-0.39, 0.29) is 5.69 Å². The number of carboxylic acids is 1. The molecule has 0 aliphatic carbocycles. The summed E-state index contributed by atoms with van der Waals surface area (Å²) in [6.07, 6.45) is 0. The van der Waals surface area contributed by atoms with Crippen LogP contribution >= 0.6 is 0 Å². The molecule has 0 spiro atoms. The Labute approximate surface area is 115 Å². The standard InChI is InChI=1S/C16H13NO3/c1-20-13-7-8-14-11(9-13)10-15(16(18)19)17(14)12-5-3-2-4-6-12/h2-10H,1H3,(H,18,19). The Morgan fingerprint density at radius 2 is 1.85 bits per heavy atom. The van der Waals surface area contributed by atoms with Gasteiger partial charge in [0, 0.05) is 11.1 Å². The third-order valence-electron chi connectivity index (χ3n) is 3.24. The minimum Gasteiger partial charge on any atom is -0.497 e. The molecule has 1 N–H and O–H groups in total. The van der Waals surface area contributed by atoms with Crippen molar-refractivity contribution >= 4 is 16.9 Å². The molecule has 0 aliphatic heterocycles. The van der Waals surface area contributed by atoms with E-state index < -0.39 is 5.97 Å². The van der Waals surface area contributed by atoms with Gasteiger partial charge >= 0.3 is 5.97 Å². The Bertz CT molecular complexity index is 775. The number of aromatic carboxylic acids is 1. The fourth-order valence-electron chi connectivity index (χ4n) is 2.33. The molecule has 0 saturated carbocycles. The summed E-state index contributed by atoms with van der Waals surface area (Å²) in [4.78, 5) is 11.5. The maximum Gasteiger partial charge on any atom is 0.352 e. The highest BCUT2D eigenvalue weighted by atomic mass is 16.5. The molecule has 0 aliphatic rings. The Hall–Kier alpha value is -2.75. The molecule has 4 heteroatoms. The summed E-state index contributed by atoms with van der Waals surface area (Å²) in [6, 6.07) is 16.6. The second-order valence-electron chi connectivity index (χ2n) is 4.43. The Kier molecular flexibility index (Phi) is 2.91. The average Bonchev–Trinajstić information content (AvgIpc) is 2.86. The van der Waals surface area contributed by atoms with Crippen molar-refractivity contribution in [2.75, 3.05) is 7.11 Å². The van der Waals surface area contributed by atoms with Crippen LogP contribution in [-0.2, 0) is 0 Å². The van der Waals surface area contributed by atoms with Crippen molar-refractivity contribution in [3.63, 3.8) is 0 Å². The summed E-state index contributed by atoms with van der Waals surface area (Å²) in [6.45, 7) is 0. The number of rotatable bonds is 3. The highest BCUT2D eigenvalue weighted by Crippen LogP contribution is 2.27. The van der Waals surface area contributed by atoms with Crippen LogP contribution in [0, 0.1) is 0 Å². The largest absolute Gasteiger partial charge is 0.497 e. The fraction of sp³-hybridized carbons (Fsp3) is 0.0625. The number of nitrogens with zero attached hydrogens (tertiary/aromatic N) is 1. The number of hydrogen-bond acceptors (Lipinski definition) is 2. The van der Waals surface area contributed by atoms with Gasteiger partial charge in [0.05, 0.1) is 12.6 Å². The van der Waals surface area contributed by atoms with Gasteiger partial charge in [-0.2, -0.15) is 0 Å². The van der Waals surface area contributed by atoms with Gasteiger partial charge in [0.15, 0.2) is 0 Å². The van der Waals surface area contributed by atoms with Crippen LogP contribution in [0.4, 0.5) is 0 Å². The Balaban J connectivity index is 2.33. The highest BCUT2D eigenvalue weighted by Gasteiger charge is 2.16. The summed E-state index contributed by atoms with van der Waals surface area (Å²) >= 11 is 0. The first-order chi connectivity index (χ1) is 9.70. The molecule has 1 heterocycles. The zero-order valence-electron chi connectivity index (χ0n) is 10.9. The Morgan fingerprint density at radius 3 is 2.50 bits per heavy atom. The van der Waals surface area contributed by atoms with Crippen molar-refractivity contribution in [2.24, 2.45) is 0 Å². The molecule has 0 radical (unpaired) electrons. The van der Waals surface area contributed by atoms with Gasteiger partial charge in [-0.15, -0.1) is 0 Å². The van der Waals surface area contributed by atoms with Crippen LogP contribution in [0.25, 0.3) is 16.6 Å². The Morgan fingerprint density at radius 1 is 1.10 bits per heavy atom. The number of methoxy groups -OCH3 is 1. The maximum atomic E-state index is 11.5. The number of fused-ring (bicyclic) bond motifs is 1. The summed E-state index contributed by atoms with van der Waals surface area (Å²) in [5.74, 6) is -0.247. The zero-order chi connectivity index (χ0) is 14.1. The molecule has 0 fully saturated rings. The normalized spacial score (nSPS) is 10.7. The molecule has 0 amide bonds. The summed E-state index contributed by atoms with van der Waals surface area (Å²) < 4.78 is 6.91. The molecule has 4 nitrogen and oxygen atoms in total. The molecule has 0 atom stereocenters. The molecule has 1 aromatic heterocycles. The summed E-state index contributed by atoms with van der Waals surface area (Å²) in [7, 11) is 1.59. The highest BCUT2D eigenvalue weighted by molar-refractivity contribution is 5.96. The van der Waals surface area contributed by atoms with Gasteiger partial charge in [0.25, 0.3) is 0 Å². The second kappa shape index (κ2) is 4.74. The molecule has 0 saturated heterocycles. The molecule has 3 rings (SSSR count). The van der Waals surface area contributed by atoms with Crippen LogP contribution in [0.15, 0.2) is 54.6 Å². The first-order valence-electron chi connectivity index (χ1n) is 6.19. The van der Waals surface area contributed by atoms with Crippen LogP contribution in [-0.4, -0.2) is 22.8 Å². The molecule has 2 aromatic carbocycles. The van der Waals surface area contributed by atoms with Gasteiger partial charge < -0.3 is 14.4 Å². The predicted molar refractivity (Wildman–Crippen MR) is 76.8 cm³/mol. The van der Waals surface area contributed by atoms with Gasteiger partial charge in [-0.3, -0.25) is 0 Å². The van der Waals surface area contributed by atoms with Crippen LogP contribution in [0.5, 0.6) is 5.75 Å². The zero-order valence-corrected chi connectivity index (χ0v) is 10.9. The van der Waals surface area contributed by atoms with Gasteiger partial charge in [-0.1, -0.05) is 18.2 Å². The van der Waals surface area contributed by atoms with Crippen molar-refractivity contribution in [1.29, 1.82) is 0 Å². The molecule has 20 heavy (non-hydrogen) atoms. The monoisotopic (exact) mass is 267 g/mol. The van der Waals surface area contributed by atoms with E-state index in [0.717, 1.165) is 16.6 Å².